The van der Waals surface area contributed by atoms with Crippen molar-refractivity contribution in [1.29, 1.82) is 0 Å². The van der Waals surface area contributed by atoms with Crippen LogP contribution in [-0.2, 0) is 4.79 Å². The van der Waals surface area contributed by atoms with E-state index < -0.39 is 0 Å². The Kier molecular flexibility index (Phi) is 7.04. The Balaban J connectivity index is 1.39. The molecule has 0 unspecified atom stereocenters. The van der Waals surface area contributed by atoms with Crippen LogP contribution in [0.25, 0.3) is 16.8 Å². The summed E-state index contributed by atoms with van der Waals surface area (Å²) in [5, 5.41) is 4.91. The second-order valence-corrected chi connectivity index (χ2v) is 7.87. The summed E-state index contributed by atoms with van der Waals surface area (Å²) in [7, 11) is 1.53. The number of ether oxygens (including phenoxy) is 2. The largest absolute Gasteiger partial charge is 0.493 e. The summed E-state index contributed by atoms with van der Waals surface area (Å²) >= 11 is 0. The topological polar surface area (TPSA) is 64.6 Å². The van der Waals surface area contributed by atoms with Crippen molar-refractivity contribution in [3.8, 4) is 11.5 Å². The van der Waals surface area contributed by atoms with Crippen molar-refractivity contribution in [2.75, 3.05) is 19.0 Å². The Hall–Kier alpha value is -4.38. The van der Waals surface area contributed by atoms with Crippen molar-refractivity contribution < 1.29 is 19.1 Å². The van der Waals surface area contributed by atoms with E-state index in [0.29, 0.717) is 22.7 Å². The van der Waals surface area contributed by atoms with Gasteiger partial charge in [0.15, 0.2) is 23.9 Å². The molecule has 0 aliphatic rings. The first kappa shape index (κ1) is 22.8. The van der Waals surface area contributed by atoms with Crippen LogP contribution in [0, 0.1) is 6.92 Å². The lowest BCUT2D eigenvalue weighted by molar-refractivity contribution is -0.118. The number of benzene rings is 4. The number of allylic oxidation sites excluding steroid dienone is 1. The van der Waals surface area contributed by atoms with Crippen molar-refractivity contribution in [2.24, 2.45) is 0 Å². The number of amides is 1. The minimum absolute atomic E-state index is 0.0853. The van der Waals surface area contributed by atoms with Crippen LogP contribution in [0.2, 0.25) is 0 Å². The number of nitrogens with one attached hydrogen (secondary N) is 1. The summed E-state index contributed by atoms with van der Waals surface area (Å²) in [5.74, 6) is 0.566. The summed E-state index contributed by atoms with van der Waals surface area (Å²) in [6, 6.07) is 26.4. The second-order valence-electron chi connectivity index (χ2n) is 7.87. The van der Waals surface area contributed by atoms with Gasteiger partial charge >= 0.3 is 0 Å². The molecule has 5 nitrogen and oxygen atoms in total. The smallest absolute Gasteiger partial charge is 0.262 e. The first-order valence-corrected chi connectivity index (χ1v) is 10.9. The van der Waals surface area contributed by atoms with E-state index in [9.17, 15) is 9.59 Å². The van der Waals surface area contributed by atoms with Gasteiger partial charge in [0.05, 0.1) is 7.11 Å². The number of fused-ring (bicyclic) bond motifs is 1. The predicted molar refractivity (Wildman–Crippen MR) is 136 cm³/mol. The van der Waals surface area contributed by atoms with Gasteiger partial charge in [-0.15, -0.1) is 0 Å². The van der Waals surface area contributed by atoms with Gasteiger partial charge in [0.25, 0.3) is 5.91 Å². The van der Waals surface area contributed by atoms with Gasteiger partial charge in [0.1, 0.15) is 0 Å². The van der Waals surface area contributed by atoms with Crippen molar-refractivity contribution in [3.63, 3.8) is 0 Å². The number of carbonyl (C=O) groups excluding carboxylic acids is 2. The van der Waals surface area contributed by atoms with Gasteiger partial charge in [-0.05, 0) is 59.7 Å². The Morgan fingerprint density at radius 1 is 0.853 bits per heavy atom. The third-order valence-corrected chi connectivity index (χ3v) is 5.34. The molecule has 1 N–H and O–H groups in total. The molecule has 5 heteroatoms. The molecule has 1 amide bonds. The molecule has 34 heavy (non-hydrogen) atoms. The van der Waals surface area contributed by atoms with Crippen LogP contribution in [-0.4, -0.2) is 25.4 Å². The molecule has 170 valence electrons. The summed E-state index contributed by atoms with van der Waals surface area (Å²) < 4.78 is 11.1. The number of rotatable bonds is 8. The molecule has 0 fully saturated rings. The second kappa shape index (κ2) is 10.5. The van der Waals surface area contributed by atoms with E-state index in [1.807, 2.05) is 73.7 Å². The molecule has 0 radical (unpaired) electrons. The minimum Gasteiger partial charge on any atom is -0.493 e. The molecule has 0 aromatic heterocycles. The van der Waals surface area contributed by atoms with Gasteiger partial charge in [0.2, 0.25) is 0 Å². The molecule has 0 heterocycles. The maximum atomic E-state index is 12.6. The first-order valence-electron chi connectivity index (χ1n) is 10.9. The van der Waals surface area contributed by atoms with Gasteiger partial charge < -0.3 is 14.8 Å². The van der Waals surface area contributed by atoms with Crippen LogP contribution < -0.4 is 14.8 Å². The van der Waals surface area contributed by atoms with Crippen LogP contribution in [0.15, 0.2) is 91.0 Å². The molecule has 4 aromatic carbocycles. The van der Waals surface area contributed by atoms with Crippen molar-refractivity contribution in [2.45, 2.75) is 6.92 Å². The lowest BCUT2D eigenvalue weighted by atomic mass is 10.0. The SMILES string of the molecule is COc1cc(/C=C/C(=O)c2ccc3ccccc3c2)ccc1OCC(=O)Nc1ccc(C)cc1. The monoisotopic (exact) mass is 451 g/mol. The fourth-order valence-corrected chi connectivity index (χ4v) is 3.50. The molecule has 4 aromatic rings. The normalized spacial score (nSPS) is 10.9. The van der Waals surface area contributed by atoms with E-state index in [-0.39, 0.29) is 18.3 Å². The average molecular weight is 452 g/mol. The molecule has 0 saturated heterocycles. The molecular formula is C29H25NO4. The summed E-state index contributed by atoms with van der Waals surface area (Å²) in [6.07, 6.45) is 3.27. The molecular weight excluding hydrogens is 426 g/mol. The number of anilines is 1. The fourth-order valence-electron chi connectivity index (χ4n) is 3.50. The zero-order valence-electron chi connectivity index (χ0n) is 19.1. The van der Waals surface area contributed by atoms with E-state index in [1.54, 1.807) is 24.3 Å². The lowest BCUT2D eigenvalue weighted by Gasteiger charge is -2.11. The maximum absolute atomic E-state index is 12.6. The highest BCUT2D eigenvalue weighted by Crippen LogP contribution is 2.29. The van der Waals surface area contributed by atoms with Crippen LogP contribution in [0.5, 0.6) is 11.5 Å². The fraction of sp³-hybridized carbons (Fsp3) is 0.103. The lowest BCUT2D eigenvalue weighted by Crippen LogP contribution is -2.20. The van der Waals surface area contributed by atoms with E-state index in [0.717, 1.165) is 21.9 Å². The molecule has 0 saturated carbocycles. The van der Waals surface area contributed by atoms with E-state index >= 15 is 0 Å². The molecule has 0 aliphatic carbocycles. The zero-order chi connectivity index (χ0) is 23.9. The van der Waals surface area contributed by atoms with Crippen molar-refractivity contribution >= 4 is 34.2 Å². The van der Waals surface area contributed by atoms with Gasteiger partial charge in [0, 0.05) is 11.3 Å². The summed E-state index contributed by atoms with van der Waals surface area (Å²) in [6.45, 7) is 1.83. The Morgan fingerprint density at radius 2 is 1.62 bits per heavy atom. The molecule has 0 bridgehead atoms. The van der Waals surface area contributed by atoms with Gasteiger partial charge in [-0.25, -0.2) is 0 Å². The van der Waals surface area contributed by atoms with Gasteiger partial charge in [-0.1, -0.05) is 66.2 Å². The van der Waals surface area contributed by atoms with Gasteiger partial charge in [-0.2, -0.15) is 0 Å². The highest BCUT2D eigenvalue weighted by atomic mass is 16.5. The van der Waals surface area contributed by atoms with E-state index in [1.165, 1.54) is 13.2 Å². The number of hydrogen-bond donors (Lipinski definition) is 1. The number of methoxy groups -OCH3 is 1. The highest BCUT2D eigenvalue weighted by molar-refractivity contribution is 6.08. The Labute approximate surface area is 198 Å². The van der Waals surface area contributed by atoms with Gasteiger partial charge in [-0.3, -0.25) is 9.59 Å². The minimum atomic E-state index is -0.268. The first-order chi connectivity index (χ1) is 16.5. The van der Waals surface area contributed by atoms with Crippen LogP contribution in [0.1, 0.15) is 21.5 Å². The molecule has 0 spiro atoms. The van der Waals surface area contributed by atoms with Crippen molar-refractivity contribution in [3.05, 3.63) is 108 Å². The highest BCUT2D eigenvalue weighted by Gasteiger charge is 2.09. The Morgan fingerprint density at radius 3 is 2.38 bits per heavy atom. The standard InChI is InChI=1S/C29H25NO4/c1-20-7-13-25(14-8-20)30-29(32)19-34-27-16-10-21(17-28(27)33-2)9-15-26(31)24-12-11-22-5-3-4-6-23(22)18-24/h3-18H,19H2,1-2H3,(H,30,32)/b15-9+. The predicted octanol–water partition coefficient (Wildman–Crippen LogP) is 6.07. The summed E-state index contributed by atoms with van der Waals surface area (Å²) in [4.78, 5) is 24.8. The zero-order valence-corrected chi connectivity index (χ0v) is 19.1. The molecule has 0 atom stereocenters. The van der Waals surface area contributed by atoms with E-state index in [4.69, 9.17) is 9.47 Å². The van der Waals surface area contributed by atoms with Crippen LogP contribution in [0.4, 0.5) is 5.69 Å². The number of aryl methyl sites for hydroxylation is 1. The summed E-state index contributed by atoms with van der Waals surface area (Å²) in [5.41, 5.74) is 3.23. The van der Waals surface area contributed by atoms with E-state index in [2.05, 4.69) is 5.32 Å². The molecule has 0 aliphatic heterocycles. The number of hydrogen-bond acceptors (Lipinski definition) is 4. The Bertz CT molecular complexity index is 1360. The van der Waals surface area contributed by atoms with Crippen LogP contribution >= 0.6 is 0 Å². The quantitative estimate of drug-likeness (QED) is 0.261. The van der Waals surface area contributed by atoms with Crippen LogP contribution in [0.3, 0.4) is 0 Å². The van der Waals surface area contributed by atoms with Crippen molar-refractivity contribution in [1.82, 2.24) is 0 Å². The number of carbonyl (C=O) groups is 2. The average Bonchev–Trinajstić information content (AvgIpc) is 2.87. The molecule has 4 rings (SSSR count). The number of ketones is 1. The third-order valence-electron chi connectivity index (χ3n) is 5.34. The third kappa shape index (κ3) is 5.70. The maximum Gasteiger partial charge on any atom is 0.262 e.